The van der Waals surface area contributed by atoms with Gasteiger partial charge in [-0.3, -0.25) is 4.79 Å². The summed E-state index contributed by atoms with van der Waals surface area (Å²) in [5.41, 5.74) is -0.706. The minimum atomic E-state index is -2.76. The summed E-state index contributed by atoms with van der Waals surface area (Å²) in [5, 5.41) is 9.33. The number of carbonyl (C=O) groups is 1. The number of carbonyl (C=O) groups excluding carboxylic acids is 1. The van der Waals surface area contributed by atoms with Crippen molar-refractivity contribution in [3.63, 3.8) is 0 Å². The number of hydrogen-bond acceptors (Lipinski definition) is 2. The van der Waals surface area contributed by atoms with Crippen LogP contribution in [0.15, 0.2) is 12.1 Å². The predicted molar refractivity (Wildman–Crippen MR) is 55.8 cm³/mol. The molecule has 14 heavy (non-hydrogen) atoms. The molecule has 0 aliphatic carbocycles. The summed E-state index contributed by atoms with van der Waals surface area (Å²) in [4.78, 5) is 11.0. The van der Waals surface area contributed by atoms with Gasteiger partial charge >= 0.3 is 0 Å². The van der Waals surface area contributed by atoms with Gasteiger partial charge in [0.25, 0.3) is 6.43 Å². The lowest BCUT2D eigenvalue weighted by molar-refractivity contribution is 0.0995. The molecule has 0 atom stereocenters. The van der Waals surface area contributed by atoms with Crippen LogP contribution in [0.5, 0.6) is 5.75 Å². The molecule has 0 bridgehead atoms. The van der Waals surface area contributed by atoms with Crippen molar-refractivity contribution in [2.75, 3.05) is 0 Å². The lowest BCUT2D eigenvalue weighted by Crippen LogP contribution is -2.01. The van der Waals surface area contributed by atoms with Crippen molar-refractivity contribution < 1.29 is 18.7 Å². The van der Waals surface area contributed by atoms with E-state index in [1.807, 2.05) is 0 Å². The molecule has 0 unspecified atom stereocenters. The smallest absolute Gasteiger partial charge is 0.264 e. The third-order valence-electron chi connectivity index (χ3n) is 1.70. The predicted octanol–water partition coefficient (Wildman–Crippen LogP) is 3.14. The highest BCUT2D eigenvalue weighted by molar-refractivity contribution is 14.1. The summed E-state index contributed by atoms with van der Waals surface area (Å²) in [6.45, 7) is 1.15. The van der Waals surface area contributed by atoms with E-state index in [0.29, 0.717) is 3.57 Å². The van der Waals surface area contributed by atoms with Crippen molar-refractivity contribution in [1.82, 2.24) is 0 Å². The van der Waals surface area contributed by atoms with E-state index in [-0.39, 0.29) is 11.3 Å². The Morgan fingerprint density at radius 3 is 2.50 bits per heavy atom. The van der Waals surface area contributed by atoms with Gasteiger partial charge < -0.3 is 5.11 Å². The Balaban J connectivity index is 3.44. The molecule has 0 heterocycles. The Bertz CT molecular complexity index is 377. The molecule has 76 valence electrons. The van der Waals surface area contributed by atoms with E-state index in [9.17, 15) is 18.7 Å². The average molecular weight is 312 g/mol. The van der Waals surface area contributed by atoms with Crippen molar-refractivity contribution in [2.45, 2.75) is 13.3 Å². The zero-order valence-electron chi connectivity index (χ0n) is 7.22. The standard InChI is InChI=1S/C9H7F2IO2/c1-4(13)8-6(9(10)11)2-5(12)3-7(8)14/h2-3,9,14H,1H3. The monoisotopic (exact) mass is 312 g/mol. The van der Waals surface area contributed by atoms with Gasteiger partial charge in [0.05, 0.1) is 5.56 Å². The normalized spacial score (nSPS) is 10.6. The molecule has 0 spiro atoms. The second-order valence-electron chi connectivity index (χ2n) is 2.75. The zero-order valence-corrected chi connectivity index (χ0v) is 9.38. The molecule has 1 N–H and O–H groups in total. The average Bonchev–Trinajstić information content (AvgIpc) is 2.01. The number of alkyl halides is 2. The highest BCUT2D eigenvalue weighted by Gasteiger charge is 2.20. The molecular weight excluding hydrogens is 305 g/mol. The van der Waals surface area contributed by atoms with Crippen LogP contribution in [0.1, 0.15) is 29.3 Å². The Morgan fingerprint density at radius 1 is 1.50 bits per heavy atom. The maximum atomic E-state index is 12.5. The van der Waals surface area contributed by atoms with Gasteiger partial charge in [-0.25, -0.2) is 8.78 Å². The molecule has 0 aliphatic heterocycles. The molecule has 1 aromatic carbocycles. The van der Waals surface area contributed by atoms with E-state index < -0.39 is 17.8 Å². The van der Waals surface area contributed by atoms with E-state index in [0.717, 1.165) is 6.92 Å². The largest absolute Gasteiger partial charge is 0.507 e. The van der Waals surface area contributed by atoms with Crippen LogP contribution in [-0.4, -0.2) is 10.9 Å². The number of aromatic hydroxyl groups is 1. The number of phenols is 1. The van der Waals surface area contributed by atoms with E-state index in [2.05, 4.69) is 0 Å². The minimum Gasteiger partial charge on any atom is -0.507 e. The van der Waals surface area contributed by atoms with Crippen molar-refractivity contribution >= 4 is 28.4 Å². The molecular formula is C9H7F2IO2. The quantitative estimate of drug-likeness (QED) is 0.673. The number of hydrogen-bond donors (Lipinski definition) is 1. The third-order valence-corrected chi connectivity index (χ3v) is 2.32. The maximum absolute atomic E-state index is 12.5. The summed E-state index contributed by atoms with van der Waals surface area (Å²) in [5.74, 6) is -0.950. The minimum absolute atomic E-state index is 0.291. The third kappa shape index (κ3) is 2.20. The van der Waals surface area contributed by atoms with E-state index in [1.165, 1.54) is 12.1 Å². The van der Waals surface area contributed by atoms with Gasteiger partial charge in [-0.15, -0.1) is 0 Å². The number of Topliss-reactive ketones (excluding diaryl/α,β-unsaturated/α-hetero) is 1. The molecule has 0 saturated carbocycles. The van der Waals surface area contributed by atoms with Crippen LogP contribution in [0.25, 0.3) is 0 Å². The molecule has 0 aliphatic rings. The molecule has 1 aromatic rings. The van der Waals surface area contributed by atoms with Crippen molar-refractivity contribution in [2.24, 2.45) is 0 Å². The first-order valence-electron chi connectivity index (χ1n) is 3.75. The van der Waals surface area contributed by atoms with Crippen LogP contribution in [0.3, 0.4) is 0 Å². The fourth-order valence-electron chi connectivity index (χ4n) is 1.17. The zero-order chi connectivity index (χ0) is 10.9. The van der Waals surface area contributed by atoms with Crippen molar-refractivity contribution in [3.8, 4) is 5.75 Å². The number of halogens is 3. The van der Waals surface area contributed by atoms with Crippen LogP contribution >= 0.6 is 22.6 Å². The molecule has 0 fully saturated rings. The van der Waals surface area contributed by atoms with Crippen LogP contribution < -0.4 is 0 Å². The number of phenolic OH excluding ortho intramolecular Hbond substituents is 1. The summed E-state index contributed by atoms with van der Waals surface area (Å²) in [7, 11) is 0. The fraction of sp³-hybridized carbons (Fsp3) is 0.222. The van der Waals surface area contributed by atoms with Gasteiger partial charge in [0.15, 0.2) is 5.78 Å². The first-order valence-corrected chi connectivity index (χ1v) is 4.83. The lowest BCUT2D eigenvalue weighted by Gasteiger charge is -2.08. The van der Waals surface area contributed by atoms with Crippen LogP contribution in [-0.2, 0) is 0 Å². The number of ketones is 1. The van der Waals surface area contributed by atoms with Gasteiger partial charge in [-0.2, -0.15) is 0 Å². The van der Waals surface area contributed by atoms with Gasteiger partial charge in [-0.05, 0) is 41.6 Å². The lowest BCUT2D eigenvalue weighted by atomic mass is 10.0. The SMILES string of the molecule is CC(=O)c1c(O)cc(I)cc1C(F)F. The summed E-state index contributed by atoms with van der Waals surface area (Å²) >= 11 is 1.80. The van der Waals surface area contributed by atoms with Crippen LogP contribution in [0, 0.1) is 3.57 Å². The molecule has 2 nitrogen and oxygen atoms in total. The maximum Gasteiger partial charge on any atom is 0.264 e. The number of rotatable bonds is 2. The van der Waals surface area contributed by atoms with Crippen LogP contribution in [0.2, 0.25) is 0 Å². The fourth-order valence-corrected chi connectivity index (χ4v) is 1.80. The Morgan fingerprint density at radius 2 is 2.07 bits per heavy atom. The van der Waals surface area contributed by atoms with Gasteiger partial charge in [0.2, 0.25) is 0 Å². The molecule has 5 heteroatoms. The van der Waals surface area contributed by atoms with Gasteiger partial charge in [0.1, 0.15) is 5.75 Å². The number of benzene rings is 1. The van der Waals surface area contributed by atoms with E-state index in [1.54, 1.807) is 22.6 Å². The first kappa shape index (κ1) is 11.4. The topological polar surface area (TPSA) is 37.3 Å². The Labute approximate surface area is 93.1 Å². The summed E-state index contributed by atoms with van der Waals surface area (Å²) < 4.78 is 25.4. The van der Waals surface area contributed by atoms with Crippen molar-refractivity contribution in [3.05, 3.63) is 26.8 Å². The second kappa shape index (κ2) is 4.20. The molecule has 0 saturated heterocycles. The van der Waals surface area contributed by atoms with Gasteiger partial charge in [-0.1, -0.05) is 0 Å². The summed E-state index contributed by atoms with van der Waals surface area (Å²) in [6.07, 6.45) is -2.76. The van der Waals surface area contributed by atoms with Gasteiger partial charge in [0, 0.05) is 9.13 Å². The molecule has 1 rings (SSSR count). The highest BCUT2D eigenvalue weighted by Crippen LogP contribution is 2.31. The van der Waals surface area contributed by atoms with Crippen LogP contribution in [0.4, 0.5) is 8.78 Å². The Hall–Kier alpha value is -0.720. The first-order chi connectivity index (χ1) is 6.43. The molecule has 0 amide bonds. The summed E-state index contributed by atoms with van der Waals surface area (Å²) in [6, 6.07) is 2.48. The highest BCUT2D eigenvalue weighted by atomic mass is 127. The van der Waals surface area contributed by atoms with E-state index in [4.69, 9.17) is 0 Å². The molecule has 0 radical (unpaired) electrons. The van der Waals surface area contributed by atoms with Crippen molar-refractivity contribution in [1.29, 1.82) is 0 Å². The van der Waals surface area contributed by atoms with E-state index >= 15 is 0 Å². The Kier molecular flexibility index (Phi) is 3.41. The molecule has 0 aromatic heterocycles. The second-order valence-corrected chi connectivity index (χ2v) is 3.99.